The zero-order valence-electron chi connectivity index (χ0n) is 13.1. The molecule has 0 aromatic heterocycles. The Kier molecular flexibility index (Phi) is 6.99. The van der Waals surface area contributed by atoms with Crippen molar-refractivity contribution < 1.29 is 4.79 Å². The highest BCUT2D eigenvalue weighted by molar-refractivity contribution is 5.96. The van der Waals surface area contributed by atoms with Crippen molar-refractivity contribution in [3.63, 3.8) is 0 Å². The lowest BCUT2D eigenvalue weighted by Crippen LogP contribution is -2.20. The molecule has 0 spiro atoms. The Bertz CT molecular complexity index is 478. The van der Waals surface area contributed by atoms with Crippen LogP contribution in [0.1, 0.15) is 67.4 Å². The van der Waals surface area contributed by atoms with E-state index in [0.29, 0.717) is 5.56 Å². The largest absolute Gasteiger partial charge is 0.271 e. The summed E-state index contributed by atoms with van der Waals surface area (Å²) >= 11 is 0. The van der Waals surface area contributed by atoms with Gasteiger partial charge in [0, 0.05) is 11.3 Å². The Morgan fingerprint density at radius 3 is 2.60 bits per heavy atom. The summed E-state index contributed by atoms with van der Waals surface area (Å²) in [6, 6.07) is 5.81. The normalized spacial score (nSPS) is 11.5. The van der Waals surface area contributed by atoms with Crippen LogP contribution in [-0.4, -0.2) is 11.6 Å². The molecule has 0 fully saturated rings. The molecule has 0 saturated carbocycles. The Labute approximate surface area is 122 Å². The van der Waals surface area contributed by atoms with Crippen molar-refractivity contribution in [1.82, 2.24) is 5.43 Å². The Morgan fingerprint density at radius 1 is 1.20 bits per heavy atom. The number of benzene rings is 1. The van der Waals surface area contributed by atoms with Gasteiger partial charge in [0.15, 0.2) is 0 Å². The van der Waals surface area contributed by atoms with E-state index in [4.69, 9.17) is 0 Å². The summed E-state index contributed by atoms with van der Waals surface area (Å²) in [6.45, 7) is 8.13. The van der Waals surface area contributed by atoms with Gasteiger partial charge in [0.25, 0.3) is 5.91 Å². The SMILES string of the molecule is CCCCCC/C(C)=N\NC(=O)c1ccc(C)cc1C. The van der Waals surface area contributed by atoms with Crippen LogP contribution in [0.25, 0.3) is 0 Å². The number of hydrazone groups is 1. The predicted molar refractivity (Wildman–Crippen MR) is 85.3 cm³/mol. The fourth-order valence-corrected chi connectivity index (χ4v) is 2.14. The van der Waals surface area contributed by atoms with Gasteiger partial charge in [-0.2, -0.15) is 5.10 Å². The third-order valence-corrected chi connectivity index (χ3v) is 3.37. The quantitative estimate of drug-likeness (QED) is 0.447. The van der Waals surface area contributed by atoms with Gasteiger partial charge in [-0.15, -0.1) is 0 Å². The Hall–Kier alpha value is -1.64. The van der Waals surface area contributed by atoms with Crippen LogP contribution in [0.5, 0.6) is 0 Å². The second-order valence-electron chi connectivity index (χ2n) is 5.42. The summed E-state index contributed by atoms with van der Waals surface area (Å²) in [5, 5.41) is 4.18. The maximum absolute atomic E-state index is 12.0. The summed E-state index contributed by atoms with van der Waals surface area (Å²) in [7, 11) is 0. The van der Waals surface area contributed by atoms with Crippen LogP contribution in [0.4, 0.5) is 0 Å². The van der Waals surface area contributed by atoms with Crippen molar-refractivity contribution in [3.8, 4) is 0 Å². The van der Waals surface area contributed by atoms with Crippen molar-refractivity contribution >= 4 is 11.6 Å². The average molecular weight is 274 g/mol. The zero-order valence-corrected chi connectivity index (χ0v) is 13.1. The highest BCUT2D eigenvalue weighted by atomic mass is 16.2. The van der Waals surface area contributed by atoms with Gasteiger partial charge in [-0.1, -0.05) is 43.9 Å². The number of hydrogen-bond acceptors (Lipinski definition) is 2. The van der Waals surface area contributed by atoms with Gasteiger partial charge >= 0.3 is 0 Å². The van der Waals surface area contributed by atoms with Crippen molar-refractivity contribution in [1.29, 1.82) is 0 Å². The number of unbranched alkanes of at least 4 members (excludes halogenated alkanes) is 3. The molecular weight excluding hydrogens is 248 g/mol. The molecule has 0 unspecified atom stereocenters. The topological polar surface area (TPSA) is 41.5 Å². The van der Waals surface area contributed by atoms with Gasteiger partial charge in [0.1, 0.15) is 0 Å². The first-order valence-electron chi connectivity index (χ1n) is 7.45. The van der Waals surface area contributed by atoms with Crippen LogP contribution in [0.15, 0.2) is 23.3 Å². The molecule has 20 heavy (non-hydrogen) atoms. The molecule has 0 saturated heterocycles. The van der Waals surface area contributed by atoms with Gasteiger partial charge in [-0.3, -0.25) is 4.79 Å². The van der Waals surface area contributed by atoms with E-state index in [-0.39, 0.29) is 5.91 Å². The first-order valence-corrected chi connectivity index (χ1v) is 7.45. The van der Waals surface area contributed by atoms with Crippen molar-refractivity contribution in [2.24, 2.45) is 5.10 Å². The van der Waals surface area contributed by atoms with Crippen LogP contribution in [-0.2, 0) is 0 Å². The molecule has 1 rings (SSSR count). The van der Waals surface area contributed by atoms with Gasteiger partial charge < -0.3 is 0 Å². The van der Waals surface area contributed by atoms with E-state index in [1.54, 1.807) is 0 Å². The minimum Gasteiger partial charge on any atom is -0.267 e. The van der Waals surface area contributed by atoms with E-state index in [1.807, 2.05) is 39.0 Å². The van der Waals surface area contributed by atoms with Gasteiger partial charge in [-0.05, 0) is 45.2 Å². The molecule has 1 N–H and O–H groups in total. The van der Waals surface area contributed by atoms with E-state index in [9.17, 15) is 4.79 Å². The molecule has 0 radical (unpaired) electrons. The lowest BCUT2D eigenvalue weighted by Gasteiger charge is -2.06. The summed E-state index contributed by atoms with van der Waals surface area (Å²) in [5.41, 5.74) is 6.47. The third-order valence-electron chi connectivity index (χ3n) is 3.37. The van der Waals surface area contributed by atoms with Crippen LogP contribution >= 0.6 is 0 Å². The fraction of sp³-hybridized carbons (Fsp3) is 0.529. The molecule has 3 heteroatoms. The second kappa shape index (κ2) is 8.51. The Morgan fingerprint density at radius 2 is 1.95 bits per heavy atom. The molecule has 0 aliphatic carbocycles. The first-order chi connectivity index (χ1) is 9.54. The molecule has 110 valence electrons. The van der Waals surface area contributed by atoms with Crippen LogP contribution < -0.4 is 5.43 Å². The van der Waals surface area contributed by atoms with Crippen molar-refractivity contribution in [2.45, 2.75) is 59.8 Å². The molecule has 0 atom stereocenters. The number of rotatable bonds is 7. The molecule has 0 aliphatic rings. The monoisotopic (exact) mass is 274 g/mol. The molecule has 0 heterocycles. The fourth-order valence-electron chi connectivity index (χ4n) is 2.14. The lowest BCUT2D eigenvalue weighted by molar-refractivity contribution is 0.0954. The minimum atomic E-state index is -0.129. The number of aryl methyl sites for hydroxylation is 2. The molecule has 0 aliphatic heterocycles. The number of hydrogen-bond donors (Lipinski definition) is 1. The van der Waals surface area contributed by atoms with Crippen molar-refractivity contribution in [3.05, 3.63) is 34.9 Å². The lowest BCUT2D eigenvalue weighted by atomic mass is 10.1. The highest BCUT2D eigenvalue weighted by Gasteiger charge is 2.07. The van der Waals surface area contributed by atoms with Crippen LogP contribution in [0.2, 0.25) is 0 Å². The molecule has 0 bridgehead atoms. The van der Waals surface area contributed by atoms with E-state index in [2.05, 4.69) is 17.5 Å². The summed E-state index contributed by atoms with van der Waals surface area (Å²) in [6.07, 6.45) is 5.83. The third kappa shape index (κ3) is 5.55. The standard InChI is InChI=1S/C17H26N2O/c1-5-6-7-8-9-15(4)18-19-17(20)16-11-10-13(2)12-14(16)3/h10-12H,5-9H2,1-4H3,(H,19,20)/b18-15-. The number of amides is 1. The van der Waals surface area contributed by atoms with Crippen LogP contribution in [0, 0.1) is 13.8 Å². The Balaban J connectivity index is 2.49. The number of nitrogens with zero attached hydrogens (tertiary/aromatic N) is 1. The smallest absolute Gasteiger partial charge is 0.267 e. The van der Waals surface area contributed by atoms with E-state index >= 15 is 0 Å². The molecule has 3 nitrogen and oxygen atoms in total. The molecule has 1 aromatic rings. The maximum atomic E-state index is 12.0. The zero-order chi connectivity index (χ0) is 15.0. The second-order valence-corrected chi connectivity index (χ2v) is 5.42. The van der Waals surface area contributed by atoms with Crippen molar-refractivity contribution in [2.75, 3.05) is 0 Å². The van der Waals surface area contributed by atoms with Gasteiger partial charge in [-0.25, -0.2) is 5.43 Å². The van der Waals surface area contributed by atoms with Crippen LogP contribution in [0.3, 0.4) is 0 Å². The minimum absolute atomic E-state index is 0.129. The van der Waals surface area contributed by atoms with E-state index in [1.165, 1.54) is 19.3 Å². The summed E-state index contributed by atoms with van der Waals surface area (Å²) < 4.78 is 0. The molecule has 1 amide bonds. The van der Waals surface area contributed by atoms with Gasteiger partial charge in [0.05, 0.1) is 0 Å². The van der Waals surface area contributed by atoms with E-state index in [0.717, 1.165) is 29.7 Å². The number of nitrogens with one attached hydrogen (secondary N) is 1. The number of carbonyl (C=O) groups is 1. The highest BCUT2D eigenvalue weighted by Crippen LogP contribution is 2.10. The maximum Gasteiger partial charge on any atom is 0.271 e. The van der Waals surface area contributed by atoms with Gasteiger partial charge in [0.2, 0.25) is 0 Å². The first kappa shape index (κ1) is 16.4. The molecular formula is C17H26N2O. The average Bonchev–Trinajstić information content (AvgIpc) is 2.41. The summed E-state index contributed by atoms with van der Waals surface area (Å²) in [4.78, 5) is 12.0. The van der Waals surface area contributed by atoms with E-state index < -0.39 is 0 Å². The predicted octanol–water partition coefficient (Wildman–Crippen LogP) is 4.38. The molecule has 1 aromatic carbocycles. The summed E-state index contributed by atoms with van der Waals surface area (Å²) in [5.74, 6) is -0.129. The number of carbonyl (C=O) groups excluding carboxylic acids is 1.